The highest BCUT2D eigenvalue weighted by molar-refractivity contribution is 5.29. The summed E-state index contributed by atoms with van der Waals surface area (Å²) in [6.07, 6.45) is 0.397. The van der Waals surface area contributed by atoms with Crippen molar-refractivity contribution in [1.29, 1.82) is 0 Å². The Morgan fingerprint density at radius 3 is 2.41 bits per heavy atom. The van der Waals surface area contributed by atoms with Gasteiger partial charge in [-0.15, -0.1) is 0 Å². The van der Waals surface area contributed by atoms with Gasteiger partial charge in [-0.25, -0.2) is 0 Å². The third kappa shape index (κ3) is 3.46. The van der Waals surface area contributed by atoms with E-state index in [9.17, 15) is 13.2 Å². The van der Waals surface area contributed by atoms with Crippen molar-refractivity contribution in [2.24, 2.45) is 5.92 Å². The minimum Gasteiger partial charge on any atom is -0.314 e. The number of halogens is 3. The van der Waals surface area contributed by atoms with Crippen molar-refractivity contribution < 1.29 is 13.2 Å². The zero-order valence-corrected chi connectivity index (χ0v) is 12.7. The molecule has 2 aliphatic rings. The maximum Gasteiger partial charge on any atom is 0.416 e. The highest BCUT2D eigenvalue weighted by Crippen LogP contribution is 2.41. The summed E-state index contributed by atoms with van der Waals surface area (Å²) in [4.78, 5) is 2.38. The Balaban J connectivity index is 1.90. The number of benzene rings is 1. The Morgan fingerprint density at radius 1 is 1.09 bits per heavy atom. The van der Waals surface area contributed by atoms with E-state index in [1.165, 1.54) is 25.0 Å². The maximum absolute atomic E-state index is 13.0. The second kappa shape index (κ2) is 6.59. The largest absolute Gasteiger partial charge is 0.416 e. The fourth-order valence-electron chi connectivity index (χ4n) is 3.91. The first-order chi connectivity index (χ1) is 10.6. The second-order valence-electron chi connectivity index (χ2n) is 6.40. The van der Waals surface area contributed by atoms with E-state index in [1.54, 1.807) is 6.07 Å². The molecule has 0 amide bonds. The van der Waals surface area contributed by atoms with Crippen molar-refractivity contribution in [1.82, 2.24) is 10.2 Å². The molecule has 1 aliphatic carbocycles. The molecule has 3 rings (SSSR count). The molecule has 1 aromatic carbocycles. The number of alkyl halides is 3. The van der Waals surface area contributed by atoms with Gasteiger partial charge in [0, 0.05) is 32.2 Å². The predicted octanol–water partition coefficient (Wildman–Crippen LogP) is 3.84. The van der Waals surface area contributed by atoms with E-state index in [2.05, 4.69) is 10.2 Å². The van der Waals surface area contributed by atoms with Gasteiger partial charge in [0.1, 0.15) is 0 Å². The summed E-state index contributed by atoms with van der Waals surface area (Å²) in [5, 5.41) is 3.33. The summed E-state index contributed by atoms with van der Waals surface area (Å²) in [6, 6.07) is 6.10. The van der Waals surface area contributed by atoms with Crippen LogP contribution in [0.4, 0.5) is 13.2 Å². The number of hydrogen-bond donors (Lipinski definition) is 1. The van der Waals surface area contributed by atoms with Crippen molar-refractivity contribution in [3.63, 3.8) is 0 Å². The van der Waals surface area contributed by atoms with Gasteiger partial charge in [0.25, 0.3) is 0 Å². The van der Waals surface area contributed by atoms with Crippen LogP contribution in [-0.4, -0.2) is 31.1 Å². The first-order valence-electron chi connectivity index (χ1n) is 8.17. The van der Waals surface area contributed by atoms with E-state index in [0.717, 1.165) is 44.6 Å². The van der Waals surface area contributed by atoms with Crippen LogP contribution in [0.5, 0.6) is 0 Å². The SMILES string of the molecule is FC(F)(F)c1cccc([C@@H](C2CCCC2)N2CCNCC2)c1. The van der Waals surface area contributed by atoms with Gasteiger partial charge in [-0.05, 0) is 36.5 Å². The highest BCUT2D eigenvalue weighted by Gasteiger charge is 2.35. The average molecular weight is 312 g/mol. The Morgan fingerprint density at radius 2 is 1.77 bits per heavy atom. The van der Waals surface area contributed by atoms with Gasteiger partial charge >= 0.3 is 6.18 Å². The zero-order valence-electron chi connectivity index (χ0n) is 12.7. The molecule has 22 heavy (non-hydrogen) atoms. The predicted molar refractivity (Wildman–Crippen MR) is 80.6 cm³/mol. The summed E-state index contributed by atoms with van der Waals surface area (Å²) >= 11 is 0. The molecule has 0 spiro atoms. The van der Waals surface area contributed by atoms with Gasteiger partial charge in [0.05, 0.1) is 5.56 Å². The topological polar surface area (TPSA) is 15.3 Å². The molecule has 2 fully saturated rings. The van der Waals surface area contributed by atoms with Crippen LogP contribution in [0.25, 0.3) is 0 Å². The standard InChI is InChI=1S/C17H23F3N2/c18-17(19,20)15-7-3-6-14(12-15)16(13-4-1-2-5-13)22-10-8-21-9-11-22/h3,6-7,12-13,16,21H,1-2,4-5,8-11H2/t16-/m1/s1. The molecule has 1 atom stereocenters. The number of rotatable bonds is 3. The van der Waals surface area contributed by atoms with Gasteiger partial charge < -0.3 is 5.32 Å². The van der Waals surface area contributed by atoms with Crippen molar-refractivity contribution in [2.75, 3.05) is 26.2 Å². The van der Waals surface area contributed by atoms with Crippen LogP contribution in [0.2, 0.25) is 0 Å². The third-order valence-electron chi connectivity index (χ3n) is 4.95. The van der Waals surface area contributed by atoms with Crippen molar-refractivity contribution in [3.05, 3.63) is 35.4 Å². The third-order valence-corrected chi connectivity index (χ3v) is 4.95. The van der Waals surface area contributed by atoms with Crippen LogP contribution in [-0.2, 0) is 6.18 Å². The molecular weight excluding hydrogens is 289 g/mol. The van der Waals surface area contributed by atoms with Crippen LogP contribution in [0.1, 0.15) is 42.9 Å². The van der Waals surface area contributed by atoms with E-state index < -0.39 is 11.7 Å². The zero-order chi connectivity index (χ0) is 15.6. The first kappa shape index (κ1) is 15.8. The average Bonchev–Trinajstić information content (AvgIpc) is 3.02. The molecule has 1 saturated heterocycles. The lowest BCUT2D eigenvalue weighted by molar-refractivity contribution is -0.137. The number of nitrogens with one attached hydrogen (secondary N) is 1. The fraction of sp³-hybridized carbons (Fsp3) is 0.647. The monoisotopic (exact) mass is 312 g/mol. The molecule has 1 aromatic rings. The molecule has 0 aromatic heterocycles. The molecule has 5 heteroatoms. The van der Waals surface area contributed by atoms with Gasteiger partial charge in [-0.3, -0.25) is 4.90 Å². The van der Waals surface area contributed by atoms with E-state index >= 15 is 0 Å². The van der Waals surface area contributed by atoms with Crippen LogP contribution in [0.15, 0.2) is 24.3 Å². The molecule has 2 nitrogen and oxygen atoms in total. The quantitative estimate of drug-likeness (QED) is 0.912. The number of hydrogen-bond acceptors (Lipinski definition) is 2. The summed E-state index contributed by atoms with van der Waals surface area (Å²) in [5.74, 6) is 0.488. The van der Waals surface area contributed by atoms with Crippen LogP contribution >= 0.6 is 0 Å². The minimum absolute atomic E-state index is 0.131. The van der Waals surface area contributed by atoms with E-state index in [4.69, 9.17) is 0 Å². The Hall–Kier alpha value is -1.07. The Labute approximate surface area is 129 Å². The van der Waals surface area contributed by atoms with Crippen molar-refractivity contribution in [3.8, 4) is 0 Å². The van der Waals surface area contributed by atoms with Gasteiger partial charge in [-0.1, -0.05) is 25.0 Å². The Kier molecular flexibility index (Phi) is 4.73. The van der Waals surface area contributed by atoms with Crippen LogP contribution in [0.3, 0.4) is 0 Å². The van der Waals surface area contributed by atoms with E-state index in [0.29, 0.717) is 5.92 Å². The summed E-state index contributed by atoms with van der Waals surface area (Å²) in [6.45, 7) is 3.67. The molecule has 1 saturated carbocycles. The molecule has 0 unspecified atom stereocenters. The van der Waals surface area contributed by atoms with Gasteiger partial charge in [0.2, 0.25) is 0 Å². The summed E-state index contributed by atoms with van der Waals surface area (Å²) < 4.78 is 39.1. The van der Waals surface area contributed by atoms with Crippen molar-refractivity contribution in [2.45, 2.75) is 37.9 Å². The normalized spacial score (nSPS) is 22.9. The molecular formula is C17H23F3N2. The van der Waals surface area contributed by atoms with Crippen molar-refractivity contribution >= 4 is 0 Å². The van der Waals surface area contributed by atoms with Crippen LogP contribution < -0.4 is 5.32 Å². The molecule has 1 heterocycles. The fourth-order valence-corrected chi connectivity index (χ4v) is 3.91. The summed E-state index contributed by atoms with van der Waals surface area (Å²) in [7, 11) is 0. The number of piperazine rings is 1. The number of nitrogens with zero attached hydrogens (tertiary/aromatic N) is 1. The molecule has 0 bridgehead atoms. The lowest BCUT2D eigenvalue weighted by Gasteiger charge is -2.39. The van der Waals surface area contributed by atoms with Gasteiger partial charge in [0.15, 0.2) is 0 Å². The van der Waals surface area contributed by atoms with Gasteiger partial charge in [-0.2, -0.15) is 13.2 Å². The first-order valence-corrected chi connectivity index (χ1v) is 8.17. The smallest absolute Gasteiger partial charge is 0.314 e. The van der Waals surface area contributed by atoms with E-state index in [1.807, 2.05) is 6.07 Å². The lowest BCUT2D eigenvalue weighted by atomic mass is 9.89. The second-order valence-corrected chi connectivity index (χ2v) is 6.40. The van der Waals surface area contributed by atoms with E-state index in [-0.39, 0.29) is 6.04 Å². The highest BCUT2D eigenvalue weighted by atomic mass is 19.4. The lowest BCUT2D eigenvalue weighted by Crippen LogP contribution is -2.46. The molecule has 1 N–H and O–H groups in total. The molecule has 1 aliphatic heterocycles. The summed E-state index contributed by atoms with van der Waals surface area (Å²) in [5.41, 5.74) is 0.312. The Bertz CT molecular complexity index is 489. The molecule has 0 radical (unpaired) electrons. The molecule has 122 valence electrons. The minimum atomic E-state index is -4.26. The maximum atomic E-state index is 13.0. The van der Waals surface area contributed by atoms with Crippen LogP contribution in [0, 0.1) is 5.92 Å².